The first-order chi connectivity index (χ1) is 11.8. The fraction of sp³-hybridized carbons (Fsp3) is 0.250. The van der Waals surface area contributed by atoms with E-state index in [1.54, 1.807) is 31.2 Å². The van der Waals surface area contributed by atoms with Crippen LogP contribution in [0.5, 0.6) is 0 Å². The summed E-state index contributed by atoms with van der Waals surface area (Å²) in [5.74, 6) is -2.20. The van der Waals surface area contributed by atoms with E-state index in [4.69, 9.17) is 18.0 Å². The topological polar surface area (TPSA) is 113 Å². The molecule has 130 valence electrons. The van der Waals surface area contributed by atoms with Gasteiger partial charge >= 0.3 is 5.97 Å². The van der Waals surface area contributed by atoms with Crippen molar-refractivity contribution in [3.05, 3.63) is 47.2 Å². The molecule has 7 nitrogen and oxygen atoms in total. The summed E-state index contributed by atoms with van der Waals surface area (Å²) in [6, 6.07) is 7.01. The number of benzene rings is 1. The zero-order valence-electron chi connectivity index (χ0n) is 13.1. The van der Waals surface area contributed by atoms with E-state index in [0.29, 0.717) is 15.3 Å². The highest BCUT2D eigenvalue weighted by molar-refractivity contribution is 8.24. The Hall–Kier alpha value is -2.23. The Morgan fingerprint density at radius 1 is 1.36 bits per heavy atom. The van der Waals surface area contributed by atoms with Crippen molar-refractivity contribution in [3.63, 3.8) is 0 Å². The number of nitrogens with one attached hydrogen (secondary N) is 1. The van der Waals surface area contributed by atoms with E-state index in [0.717, 1.165) is 4.90 Å². The van der Waals surface area contributed by atoms with Crippen molar-refractivity contribution in [1.29, 1.82) is 0 Å². The minimum absolute atomic E-state index is 0.128. The Morgan fingerprint density at radius 2 is 2.00 bits per heavy atom. The molecule has 0 aliphatic carbocycles. The summed E-state index contributed by atoms with van der Waals surface area (Å²) in [6.07, 6.45) is 0. The van der Waals surface area contributed by atoms with E-state index in [2.05, 4.69) is 5.32 Å². The van der Waals surface area contributed by atoms with Crippen LogP contribution in [0.2, 0.25) is 0 Å². The number of nitrogens with zero attached hydrogens (tertiary/aromatic N) is 1. The first-order valence-corrected chi connectivity index (χ1v) is 8.71. The highest BCUT2D eigenvalue weighted by Gasteiger charge is 2.55. The smallest absolute Gasteiger partial charge is 0.352 e. The van der Waals surface area contributed by atoms with E-state index in [1.165, 1.54) is 11.8 Å². The SMILES string of the molecule is CC1=C(C(=O)O)N2C(=O)[C@@H](NC(=O)[C@H](N)c3ccccc3)[C@H]2SC1=S. The van der Waals surface area contributed by atoms with Gasteiger partial charge in [-0.05, 0) is 12.5 Å². The van der Waals surface area contributed by atoms with E-state index in [9.17, 15) is 19.5 Å². The second-order valence-electron chi connectivity index (χ2n) is 5.66. The number of fused-ring (bicyclic) bond motifs is 1. The molecule has 0 aromatic heterocycles. The monoisotopic (exact) mass is 377 g/mol. The summed E-state index contributed by atoms with van der Waals surface area (Å²) in [7, 11) is 0. The molecule has 9 heteroatoms. The molecular weight excluding hydrogens is 362 g/mol. The normalized spacial score (nSPS) is 23.7. The number of nitrogens with two attached hydrogens (primary N) is 1. The minimum atomic E-state index is -1.22. The average Bonchev–Trinajstić information content (AvgIpc) is 2.61. The summed E-state index contributed by atoms with van der Waals surface area (Å²) in [6.45, 7) is 1.57. The molecule has 0 unspecified atom stereocenters. The number of carbonyl (C=O) groups is 3. The Kier molecular flexibility index (Phi) is 4.63. The van der Waals surface area contributed by atoms with Gasteiger partial charge < -0.3 is 16.2 Å². The summed E-state index contributed by atoms with van der Waals surface area (Å²) in [5.41, 5.74) is 6.80. The summed E-state index contributed by atoms with van der Waals surface area (Å²) in [4.78, 5) is 37.3. The predicted octanol–water partition coefficient (Wildman–Crippen LogP) is 0.772. The third-order valence-electron chi connectivity index (χ3n) is 4.11. The second kappa shape index (κ2) is 6.58. The molecule has 2 aliphatic rings. The summed E-state index contributed by atoms with van der Waals surface area (Å²) < 4.78 is 0.401. The largest absolute Gasteiger partial charge is 0.477 e. The van der Waals surface area contributed by atoms with Crippen LogP contribution in [0, 0.1) is 0 Å². The van der Waals surface area contributed by atoms with E-state index >= 15 is 0 Å². The Morgan fingerprint density at radius 3 is 2.60 bits per heavy atom. The molecule has 1 aromatic carbocycles. The number of rotatable bonds is 4. The fourth-order valence-electron chi connectivity index (χ4n) is 2.75. The van der Waals surface area contributed by atoms with Crippen LogP contribution in [-0.2, 0) is 14.4 Å². The molecule has 25 heavy (non-hydrogen) atoms. The van der Waals surface area contributed by atoms with Gasteiger partial charge in [0, 0.05) is 5.57 Å². The molecule has 3 rings (SSSR count). The quantitative estimate of drug-likeness (QED) is 0.525. The number of amides is 2. The maximum absolute atomic E-state index is 12.4. The predicted molar refractivity (Wildman–Crippen MR) is 96.5 cm³/mol. The maximum Gasteiger partial charge on any atom is 0.352 e. The second-order valence-corrected chi connectivity index (χ2v) is 7.45. The van der Waals surface area contributed by atoms with Gasteiger partial charge in [0.1, 0.15) is 23.2 Å². The number of thiocarbonyl (C=S) groups is 1. The van der Waals surface area contributed by atoms with Crippen molar-refractivity contribution >= 4 is 46.0 Å². The number of carboxylic acids is 1. The van der Waals surface area contributed by atoms with Gasteiger partial charge in [-0.25, -0.2) is 4.79 Å². The van der Waals surface area contributed by atoms with Crippen LogP contribution in [0.1, 0.15) is 18.5 Å². The molecular formula is C16H15N3O4S2. The molecule has 2 aliphatic heterocycles. The van der Waals surface area contributed by atoms with Gasteiger partial charge in [0.05, 0.1) is 4.20 Å². The van der Waals surface area contributed by atoms with Crippen molar-refractivity contribution in [3.8, 4) is 0 Å². The zero-order valence-corrected chi connectivity index (χ0v) is 14.8. The van der Waals surface area contributed by atoms with Crippen LogP contribution < -0.4 is 11.1 Å². The lowest BCUT2D eigenvalue weighted by Crippen LogP contribution is -2.71. The highest BCUT2D eigenvalue weighted by atomic mass is 32.2. The van der Waals surface area contributed by atoms with Crippen LogP contribution >= 0.6 is 24.0 Å². The zero-order chi connectivity index (χ0) is 18.3. The van der Waals surface area contributed by atoms with Crippen molar-refractivity contribution in [1.82, 2.24) is 10.2 Å². The number of carbonyl (C=O) groups excluding carboxylic acids is 2. The lowest BCUT2D eigenvalue weighted by Gasteiger charge is -2.49. The number of thioether (sulfide) groups is 1. The van der Waals surface area contributed by atoms with Crippen LogP contribution in [0.4, 0.5) is 0 Å². The molecule has 0 bridgehead atoms. The maximum atomic E-state index is 12.4. The Bertz CT molecular complexity index is 809. The molecule has 0 radical (unpaired) electrons. The van der Waals surface area contributed by atoms with Gasteiger partial charge in [-0.3, -0.25) is 14.5 Å². The van der Waals surface area contributed by atoms with Gasteiger partial charge in [-0.1, -0.05) is 54.3 Å². The Labute approximate surface area is 153 Å². The highest BCUT2D eigenvalue weighted by Crippen LogP contribution is 2.41. The number of carboxylic acid groups (broad SMARTS) is 1. The van der Waals surface area contributed by atoms with E-state index in [1.807, 2.05) is 6.07 Å². The standard InChI is InChI=1S/C16H15N3O4S2/c1-7-11(15(22)23)19-13(21)10(14(19)25-16(7)24)18-12(20)9(17)8-5-3-2-4-6-8/h2-6,9-10,14H,17H2,1H3,(H,18,20)(H,22,23)/t9-,10-,14-/m1/s1. The van der Waals surface area contributed by atoms with Crippen molar-refractivity contribution in [2.45, 2.75) is 24.4 Å². The molecule has 1 fully saturated rings. The van der Waals surface area contributed by atoms with Gasteiger partial charge in [-0.15, -0.1) is 0 Å². The van der Waals surface area contributed by atoms with Gasteiger partial charge in [0.2, 0.25) is 5.91 Å². The molecule has 4 N–H and O–H groups in total. The summed E-state index contributed by atoms with van der Waals surface area (Å²) >= 11 is 6.37. The number of hydrogen-bond acceptors (Lipinski definition) is 6. The lowest BCUT2D eigenvalue weighted by atomic mass is 10.0. The average molecular weight is 377 g/mol. The van der Waals surface area contributed by atoms with E-state index < -0.39 is 35.2 Å². The number of aliphatic carboxylic acids is 1. The van der Waals surface area contributed by atoms with Gasteiger partial charge in [0.25, 0.3) is 5.91 Å². The van der Waals surface area contributed by atoms with Gasteiger partial charge in [-0.2, -0.15) is 0 Å². The third-order valence-corrected chi connectivity index (χ3v) is 5.95. The van der Waals surface area contributed by atoms with Crippen LogP contribution in [-0.4, -0.2) is 43.4 Å². The first-order valence-electron chi connectivity index (χ1n) is 7.42. The number of hydrogen-bond donors (Lipinski definition) is 3. The van der Waals surface area contributed by atoms with Crippen molar-refractivity contribution in [2.75, 3.05) is 0 Å². The summed E-state index contributed by atoms with van der Waals surface area (Å²) in [5, 5.41) is 11.4. The van der Waals surface area contributed by atoms with Crippen LogP contribution in [0.15, 0.2) is 41.6 Å². The van der Waals surface area contributed by atoms with Crippen LogP contribution in [0.3, 0.4) is 0 Å². The van der Waals surface area contributed by atoms with E-state index in [-0.39, 0.29) is 5.70 Å². The fourth-order valence-corrected chi connectivity index (χ4v) is 4.27. The number of β-lactam (4-membered cyclic amide) rings is 1. The van der Waals surface area contributed by atoms with Gasteiger partial charge in [0.15, 0.2) is 0 Å². The molecule has 0 spiro atoms. The molecule has 1 aromatic rings. The molecule has 1 saturated heterocycles. The van der Waals surface area contributed by atoms with Crippen molar-refractivity contribution < 1.29 is 19.5 Å². The molecule has 0 saturated carbocycles. The van der Waals surface area contributed by atoms with Crippen LogP contribution in [0.25, 0.3) is 0 Å². The Balaban J connectivity index is 1.76. The lowest BCUT2D eigenvalue weighted by molar-refractivity contribution is -0.150. The minimum Gasteiger partial charge on any atom is -0.477 e. The molecule has 2 heterocycles. The van der Waals surface area contributed by atoms with Crippen molar-refractivity contribution in [2.24, 2.45) is 5.73 Å². The third kappa shape index (κ3) is 2.94. The molecule has 3 atom stereocenters. The first kappa shape index (κ1) is 17.6. The molecule has 2 amide bonds.